The van der Waals surface area contributed by atoms with Crippen LogP contribution in [0.1, 0.15) is 50.5 Å². The van der Waals surface area contributed by atoms with Gasteiger partial charge in [0.05, 0.1) is 11.5 Å². The number of hydrogen-bond donors (Lipinski definition) is 1. The number of carbonyl (C=O) groups is 1. The fourth-order valence-corrected chi connectivity index (χ4v) is 3.67. The van der Waals surface area contributed by atoms with Crippen LogP contribution in [0.5, 0.6) is 0 Å². The average molecular weight is 286 g/mol. The highest BCUT2D eigenvalue weighted by Gasteiger charge is 2.41. The van der Waals surface area contributed by atoms with E-state index in [-0.39, 0.29) is 29.7 Å². The molecule has 0 unspecified atom stereocenters. The lowest BCUT2D eigenvalue weighted by Crippen LogP contribution is -2.38. The zero-order valence-electron chi connectivity index (χ0n) is 12.4. The largest absolute Gasteiger partial charge is 0.511 e. The predicted octanol–water partition coefficient (Wildman–Crippen LogP) is 4.11. The number of esters is 1. The zero-order chi connectivity index (χ0) is 14.8. The highest BCUT2D eigenvalue weighted by Crippen LogP contribution is 2.41. The summed E-state index contributed by atoms with van der Waals surface area (Å²) in [7, 11) is 0. The lowest BCUT2D eigenvalue weighted by atomic mass is 9.78. The molecular formula is C18H22O3. The van der Waals surface area contributed by atoms with Gasteiger partial charge in [-0.25, -0.2) is 4.79 Å². The van der Waals surface area contributed by atoms with Crippen LogP contribution in [0.2, 0.25) is 0 Å². The summed E-state index contributed by atoms with van der Waals surface area (Å²) in [5, 5.41) is 10.7. The molecule has 2 aliphatic rings. The van der Waals surface area contributed by atoms with E-state index in [0.717, 1.165) is 37.7 Å². The SMILES string of the molecule is CC[C@H](C1=C(O)[C@@H]2CCCC[C@@H]2OC1=O)c1ccccc1. The number of ether oxygens (including phenoxy) is 1. The molecule has 1 aliphatic heterocycles. The van der Waals surface area contributed by atoms with Crippen molar-refractivity contribution in [3.63, 3.8) is 0 Å². The predicted molar refractivity (Wildman–Crippen MR) is 81.0 cm³/mol. The molecule has 1 aliphatic carbocycles. The van der Waals surface area contributed by atoms with Crippen LogP contribution in [0, 0.1) is 5.92 Å². The van der Waals surface area contributed by atoms with Crippen LogP contribution in [-0.4, -0.2) is 17.2 Å². The van der Waals surface area contributed by atoms with Gasteiger partial charge in [0.2, 0.25) is 0 Å². The Labute approximate surface area is 125 Å². The quantitative estimate of drug-likeness (QED) is 0.851. The second-order valence-electron chi connectivity index (χ2n) is 6.01. The lowest BCUT2D eigenvalue weighted by Gasteiger charge is -2.37. The molecule has 0 aromatic heterocycles. The molecule has 0 bridgehead atoms. The summed E-state index contributed by atoms with van der Waals surface area (Å²) >= 11 is 0. The van der Waals surface area contributed by atoms with Crippen molar-refractivity contribution in [2.24, 2.45) is 5.92 Å². The Balaban J connectivity index is 1.99. The summed E-state index contributed by atoms with van der Waals surface area (Å²) in [5.41, 5.74) is 1.54. The highest BCUT2D eigenvalue weighted by atomic mass is 16.5. The number of aliphatic hydroxyl groups is 1. The smallest absolute Gasteiger partial charge is 0.338 e. The summed E-state index contributed by atoms with van der Waals surface area (Å²) in [6.45, 7) is 2.04. The topological polar surface area (TPSA) is 46.5 Å². The molecule has 112 valence electrons. The molecule has 3 nitrogen and oxygen atoms in total. The molecule has 0 radical (unpaired) electrons. The molecule has 0 amide bonds. The molecule has 0 spiro atoms. The van der Waals surface area contributed by atoms with Gasteiger partial charge in [-0.1, -0.05) is 43.7 Å². The maximum absolute atomic E-state index is 12.4. The summed E-state index contributed by atoms with van der Waals surface area (Å²) < 4.78 is 5.62. The Morgan fingerprint density at radius 3 is 2.67 bits per heavy atom. The standard InChI is InChI=1S/C18H22O3/c1-2-13(12-8-4-3-5-9-12)16-17(19)14-10-6-7-11-15(14)21-18(16)20/h3-5,8-9,13-15,19H,2,6-7,10-11H2,1H3/t13-,14+,15-/m0/s1. The van der Waals surface area contributed by atoms with Gasteiger partial charge < -0.3 is 9.84 Å². The van der Waals surface area contributed by atoms with Crippen LogP contribution < -0.4 is 0 Å². The van der Waals surface area contributed by atoms with Crippen LogP contribution in [0.25, 0.3) is 0 Å². The molecule has 1 fully saturated rings. The molecule has 1 aromatic carbocycles. The number of hydrogen-bond acceptors (Lipinski definition) is 3. The van der Waals surface area contributed by atoms with Gasteiger partial charge in [0.1, 0.15) is 11.9 Å². The first-order valence-electron chi connectivity index (χ1n) is 7.91. The van der Waals surface area contributed by atoms with Crippen molar-refractivity contribution < 1.29 is 14.6 Å². The minimum Gasteiger partial charge on any atom is -0.511 e. The van der Waals surface area contributed by atoms with Crippen molar-refractivity contribution in [1.82, 2.24) is 0 Å². The normalized spacial score (nSPS) is 27.0. The lowest BCUT2D eigenvalue weighted by molar-refractivity contribution is -0.152. The maximum atomic E-state index is 12.4. The molecule has 1 N–H and O–H groups in total. The van der Waals surface area contributed by atoms with Gasteiger partial charge >= 0.3 is 5.97 Å². The molecular weight excluding hydrogens is 264 g/mol. The van der Waals surface area contributed by atoms with E-state index >= 15 is 0 Å². The van der Waals surface area contributed by atoms with Crippen molar-refractivity contribution in [2.45, 2.75) is 51.0 Å². The van der Waals surface area contributed by atoms with Crippen LogP contribution in [-0.2, 0) is 9.53 Å². The number of benzene rings is 1. The Bertz CT molecular complexity index is 547. The second-order valence-corrected chi connectivity index (χ2v) is 6.01. The van der Waals surface area contributed by atoms with Crippen molar-refractivity contribution in [2.75, 3.05) is 0 Å². The molecule has 1 heterocycles. The van der Waals surface area contributed by atoms with E-state index in [9.17, 15) is 9.90 Å². The molecule has 3 atom stereocenters. The van der Waals surface area contributed by atoms with Crippen LogP contribution >= 0.6 is 0 Å². The van der Waals surface area contributed by atoms with Gasteiger partial charge in [0, 0.05) is 5.92 Å². The van der Waals surface area contributed by atoms with Crippen molar-refractivity contribution in [3.05, 3.63) is 47.2 Å². The first-order chi connectivity index (χ1) is 10.2. The van der Waals surface area contributed by atoms with E-state index in [1.165, 1.54) is 0 Å². The monoisotopic (exact) mass is 286 g/mol. The second kappa shape index (κ2) is 5.92. The first kappa shape index (κ1) is 14.2. The zero-order valence-corrected chi connectivity index (χ0v) is 12.4. The van der Waals surface area contributed by atoms with Gasteiger partial charge in [0.15, 0.2) is 0 Å². The first-order valence-corrected chi connectivity index (χ1v) is 7.91. The van der Waals surface area contributed by atoms with E-state index in [4.69, 9.17) is 4.74 Å². The third kappa shape index (κ3) is 2.57. The molecule has 1 aromatic rings. The number of fused-ring (bicyclic) bond motifs is 1. The van der Waals surface area contributed by atoms with Crippen LogP contribution in [0.15, 0.2) is 41.7 Å². The number of aliphatic hydroxyl groups excluding tert-OH is 1. The Morgan fingerprint density at radius 1 is 1.24 bits per heavy atom. The number of rotatable bonds is 3. The van der Waals surface area contributed by atoms with E-state index in [1.54, 1.807) is 0 Å². The van der Waals surface area contributed by atoms with Crippen molar-refractivity contribution >= 4 is 5.97 Å². The van der Waals surface area contributed by atoms with E-state index in [2.05, 4.69) is 0 Å². The van der Waals surface area contributed by atoms with Gasteiger partial charge in [0.25, 0.3) is 0 Å². The minimum atomic E-state index is -0.327. The van der Waals surface area contributed by atoms with Crippen LogP contribution in [0.4, 0.5) is 0 Å². The van der Waals surface area contributed by atoms with Gasteiger partial charge in [-0.2, -0.15) is 0 Å². The van der Waals surface area contributed by atoms with Crippen LogP contribution in [0.3, 0.4) is 0 Å². The maximum Gasteiger partial charge on any atom is 0.338 e. The minimum absolute atomic E-state index is 0.00390. The van der Waals surface area contributed by atoms with Crippen molar-refractivity contribution in [1.29, 1.82) is 0 Å². The average Bonchev–Trinajstić information content (AvgIpc) is 2.52. The van der Waals surface area contributed by atoms with E-state index < -0.39 is 0 Å². The summed E-state index contributed by atoms with van der Waals surface area (Å²) in [5.74, 6) is -0.121. The summed E-state index contributed by atoms with van der Waals surface area (Å²) in [6, 6.07) is 9.91. The van der Waals surface area contributed by atoms with E-state index in [0.29, 0.717) is 5.57 Å². The fraction of sp³-hybridized carbons (Fsp3) is 0.500. The molecule has 3 rings (SSSR count). The Hall–Kier alpha value is -1.77. The Kier molecular flexibility index (Phi) is 4.00. The molecule has 0 saturated heterocycles. The third-order valence-electron chi connectivity index (χ3n) is 4.77. The Morgan fingerprint density at radius 2 is 1.95 bits per heavy atom. The third-order valence-corrected chi connectivity index (χ3v) is 4.77. The fourth-order valence-electron chi connectivity index (χ4n) is 3.67. The van der Waals surface area contributed by atoms with Gasteiger partial charge in [-0.3, -0.25) is 0 Å². The highest BCUT2D eigenvalue weighted by molar-refractivity contribution is 5.92. The molecule has 1 saturated carbocycles. The number of carbonyl (C=O) groups excluding carboxylic acids is 1. The summed E-state index contributed by atoms with van der Waals surface area (Å²) in [6.07, 6.45) is 4.61. The van der Waals surface area contributed by atoms with Gasteiger partial charge in [-0.15, -0.1) is 0 Å². The van der Waals surface area contributed by atoms with E-state index in [1.807, 2.05) is 37.3 Å². The van der Waals surface area contributed by atoms with Crippen molar-refractivity contribution in [3.8, 4) is 0 Å². The summed E-state index contributed by atoms with van der Waals surface area (Å²) in [4.78, 5) is 12.4. The molecule has 3 heteroatoms. The molecule has 21 heavy (non-hydrogen) atoms. The van der Waals surface area contributed by atoms with Gasteiger partial charge in [-0.05, 0) is 31.2 Å².